The molecule has 0 saturated carbocycles. The minimum Gasteiger partial charge on any atom is -0.480 e. The number of nitrogens with two attached hydrogens (primary N) is 1. The monoisotopic (exact) mass is 272 g/mol. The van der Waals surface area contributed by atoms with E-state index in [0.717, 1.165) is 0 Å². The second-order valence-corrected chi connectivity index (χ2v) is 4.97. The molecule has 1 aromatic heterocycles. The molecule has 1 aliphatic heterocycles. The standard InChI is InChI=1S/C9H12N4O4S/c1-2-5-13(4(3-18-5)9(15)16)8(14)6-7(10)12-17-11-6/h4-5H,2-3H2,1H3,(H2,10,12)(H,15,16). The van der Waals surface area contributed by atoms with Gasteiger partial charge >= 0.3 is 5.97 Å². The number of hydrogen-bond donors (Lipinski definition) is 2. The smallest absolute Gasteiger partial charge is 0.327 e. The normalized spacial score (nSPS) is 23.3. The van der Waals surface area contributed by atoms with Gasteiger partial charge in [0.2, 0.25) is 11.5 Å². The van der Waals surface area contributed by atoms with Crippen molar-refractivity contribution in [1.29, 1.82) is 0 Å². The lowest BCUT2D eigenvalue weighted by molar-refractivity contribution is -0.141. The van der Waals surface area contributed by atoms with Crippen molar-refractivity contribution in [1.82, 2.24) is 15.2 Å². The van der Waals surface area contributed by atoms with Gasteiger partial charge < -0.3 is 15.7 Å². The Balaban J connectivity index is 2.30. The van der Waals surface area contributed by atoms with Crippen LogP contribution in [0.5, 0.6) is 0 Å². The Bertz CT molecular complexity index is 477. The summed E-state index contributed by atoms with van der Waals surface area (Å²) in [4.78, 5) is 24.6. The van der Waals surface area contributed by atoms with Crippen LogP contribution in [0, 0.1) is 0 Å². The van der Waals surface area contributed by atoms with Crippen LogP contribution in [-0.2, 0) is 4.79 Å². The highest BCUT2D eigenvalue weighted by Crippen LogP contribution is 2.32. The number of anilines is 1. The minimum absolute atomic E-state index is 0.129. The van der Waals surface area contributed by atoms with Crippen LogP contribution in [0.2, 0.25) is 0 Å². The van der Waals surface area contributed by atoms with Gasteiger partial charge in [-0.05, 0) is 16.7 Å². The lowest BCUT2D eigenvalue weighted by atomic mass is 10.2. The highest BCUT2D eigenvalue weighted by Gasteiger charge is 2.42. The highest BCUT2D eigenvalue weighted by atomic mass is 32.2. The fraction of sp³-hybridized carbons (Fsp3) is 0.556. The molecule has 9 heteroatoms. The maximum absolute atomic E-state index is 12.2. The Morgan fingerprint density at radius 1 is 1.61 bits per heavy atom. The zero-order chi connectivity index (χ0) is 13.3. The van der Waals surface area contributed by atoms with Crippen LogP contribution in [-0.4, -0.2) is 49.4 Å². The Labute approximate surface area is 106 Å². The minimum atomic E-state index is -1.04. The van der Waals surface area contributed by atoms with Crippen molar-refractivity contribution in [2.24, 2.45) is 0 Å². The lowest BCUT2D eigenvalue weighted by Gasteiger charge is -2.25. The predicted molar refractivity (Wildman–Crippen MR) is 62.8 cm³/mol. The first-order valence-corrected chi connectivity index (χ1v) is 6.36. The molecule has 2 rings (SSSR count). The Morgan fingerprint density at radius 3 is 2.83 bits per heavy atom. The molecular weight excluding hydrogens is 260 g/mol. The van der Waals surface area contributed by atoms with Crippen LogP contribution in [0.15, 0.2) is 4.63 Å². The molecule has 0 bridgehead atoms. The van der Waals surface area contributed by atoms with Crippen molar-refractivity contribution in [2.45, 2.75) is 24.8 Å². The molecule has 2 heterocycles. The van der Waals surface area contributed by atoms with E-state index < -0.39 is 17.9 Å². The molecule has 0 spiro atoms. The molecule has 2 unspecified atom stereocenters. The molecule has 2 atom stereocenters. The van der Waals surface area contributed by atoms with E-state index in [1.54, 1.807) is 0 Å². The molecular formula is C9H12N4O4S. The number of hydrogen-bond acceptors (Lipinski definition) is 7. The number of aliphatic carboxylic acids is 1. The molecule has 18 heavy (non-hydrogen) atoms. The fourth-order valence-corrected chi connectivity index (χ4v) is 3.15. The average Bonchev–Trinajstić information content (AvgIpc) is 2.93. The van der Waals surface area contributed by atoms with Crippen molar-refractivity contribution >= 4 is 29.5 Å². The summed E-state index contributed by atoms with van der Waals surface area (Å²) in [5, 5.41) is 15.7. The van der Waals surface area contributed by atoms with Gasteiger partial charge in [-0.15, -0.1) is 11.8 Å². The van der Waals surface area contributed by atoms with Gasteiger partial charge in [0.15, 0.2) is 0 Å². The van der Waals surface area contributed by atoms with E-state index in [1.807, 2.05) is 6.92 Å². The number of carboxylic acids is 1. The predicted octanol–water partition coefficient (Wildman–Crippen LogP) is 0.0301. The molecule has 1 aromatic rings. The van der Waals surface area contributed by atoms with Crippen molar-refractivity contribution in [3.8, 4) is 0 Å². The van der Waals surface area contributed by atoms with Gasteiger partial charge in [0.25, 0.3) is 5.91 Å². The number of rotatable bonds is 3. The topological polar surface area (TPSA) is 123 Å². The van der Waals surface area contributed by atoms with Gasteiger partial charge in [0.1, 0.15) is 6.04 Å². The van der Waals surface area contributed by atoms with Crippen LogP contribution in [0.3, 0.4) is 0 Å². The van der Waals surface area contributed by atoms with E-state index in [9.17, 15) is 9.59 Å². The van der Waals surface area contributed by atoms with Gasteiger partial charge in [-0.2, -0.15) is 0 Å². The number of nitrogens with zero attached hydrogens (tertiary/aromatic N) is 3. The molecule has 1 fully saturated rings. The Morgan fingerprint density at radius 2 is 2.33 bits per heavy atom. The zero-order valence-electron chi connectivity index (χ0n) is 9.57. The first-order valence-electron chi connectivity index (χ1n) is 5.31. The van der Waals surface area contributed by atoms with Gasteiger partial charge in [-0.3, -0.25) is 4.79 Å². The summed E-state index contributed by atoms with van der Waals surface area (Å²) in [7, 11) is 0. The van der Waals surface area contributed by atoms with Crippen LogP contribution >= 0.6 is 11.8 Å². The third-order valence-corrected chi connectivity index (χ3v) is 4.13. The fourth-order valence-electron chi connectivity index (χ4n) is 1.81. The molecule has 1 amide bonds. The molecule has 98 valence electrons. The van der Waals surface area contributed by atoms with Gasteiger partial charge in [-0.1, -0.05) is 6.92 Å². The second kappa shape index (κ2) is 4.84. The number of amides is 1. The Hall–Kier alpha value is -1.77. The summed E-state index contributed by atoms with van der Waals surface area (Å²) in [6.07, 6.45) is 0.644. The van der Waals surface area contributed by atoms with E-state index in [4.69, 9.17) is 10.8 Å². The molecule has 3 N–H and O–H groups in total. The molecule has 0 radical (unpaired) electrons. The van der Waals surface area contributed by atoms with Gasteiger partial charge in [0.05, 0.1) is 5.37 Å². The van der Waals surface area contributed by atoms with Crippen molar-refractivity contribution in [2.75, 3.05) is 11.5 Å². The molecule has 1 saturated heterocycles. The molecule has 0 aromatic carbocycles. The first-order chi connectivity index (χ1) is 8.56. The van der Waals surface area contributed by atoms with E-state index >= 15 is 0 Å². The van der Waals surface area contributed by atoms with Crippen molar-refractivity contribution in [3.63, 3.8) is 0 Å². The third kappa shape index (κ3) is 2.01. The molecule has 1 aliphatic rings. The number of carbonyl (C=O) groups excluding carboxylic acids is 1. The van der Waals surface area contributed by atoms with Gasteiger partial charge in [0, 0.05) is 5.75 Å². The maximum Gasteiger partial charge on any atom is 0.327 e. The zero-order valence-corrected chi connectivity index (χ0v) is 10.4. The summed E-state index contributed by atoms with van der Waals surface area (Å²) in [5.74, 6) is -1.37. The Kier molecular flexibility index (Phi) is 3.41. The van der Waals surface area contributed by atoms with E-state index in [2.05, 4.69) is 14.9 Å². The third-order valence-electron chi connectivity index (χ3n) is 2.68. The molecule has 0 aliphatic carbocycles. The first kappa shape index (κ1) is 12.7. The quantitative estimate of drug-likeness (QED) is 0.790. The van der Waals surface area contributed by atoms with Crippen LogP contribution in [0.25, 0.3) is 0 Å². The summed E-state index contributed by atoms with van der Waals surface area (Å²) in [6, 6.07) is -0.872. The van der Waals surface area contributed by atoms with Crippen LogP contribution in [0.4, 0.5) is 5.82 Å². The van der Waals surface area contributed by atoms with E-state index in [1.165, 1.54) is 16.7 Å². The number of thioether (sulfide) groups is 1. The molecule has 8 nitrogen and oxygen atoms in total. The van der Waals surface area contributed by atoms with E-state index in [0.29, 0.717) is 12.2 Å². The summed E-state index contributed by atoms with van der Waals surface area (Å²) >= 11 is 1.42. The largest absolute Gasteiger partial charge is 0.480 e. The summed E-state index contributed by atoms with van der Waals surface area (Å²) < 4.78 is 4.36. The number of aromatic nitrogens is 2. The van der Waals surface area contributed by atoms with Crippen molar-refractivity contribution < 1.29 is 19.3 Å². The lowest BCUT2D eigenvalue weighted by Crippen LogP contribution is -2.45. The SMILES string of the molecule is CCC1SCC(C(=O)O)N1C(=O)c1nonc1N. The maximum atomic E-state index is 12.2. The number of carbonyl (C=O) groups is 2. The number of carboxylic acid groups (broad SMARTS) is 1. The highest BCUT2D eigenvalue weighted by molar-refractivity contribution is 8.00. The van der Waals surface area contributed by atoms with Gasteiger partial charge in [-0.25, -0.2) is 9.42 Å². The van der Waals surface area contributed by atoms with Crippen LogP contribution in [0.1, 0.15) is 23.8 Å². The van der Waals surface area contributed by atoms with Crippen LogP contribution < -0.4 is 5.73 Å². The second-order valence-electron chi connectivity index (χ2n) is 3.76. The number of nitrogen functional groups attached to an aromatic ring is 1. The summed E-state index contributed by atoms with van der Waals surface area (Å²) in [6.45, 7) is 1.88. The van der Waals surface area contributed by atoms with E-state index in [-0.39, 0.29) is 16.9 Å². The average molecular weight is 272 g/mol. The summed E-state index contributed by atoms with van der Waals surface area (Å²) in [5.41, 5.74) is 5.31. The van der Waals surface area contributed by atoms with Crippen molar-refractivity contribution in [3.05, 3.63) is 5.69 Å².